The van der Waals surface area contributed by atoms with Crippen molar-refractivity contribution in [2.45, 2.75) is 44.0 Å². The summed E-state index contributed by atoms with van der Waals surface area (Å²) in [5.41, 5.74) is 0. The number of hydrogen-bond acceptors (Lipinski definition) is 4. The van der Waals surface area contributed by atoms with Gasteiger partial charge in [0.15, 0.2) is 0 Å². The quantitative estimate of drug-likeness (QED) is 0.691. The number of hydrogen-bond donors (Lipinski definition) is 2. The molecule has 2 N–H and O–H groups in total. The fourth-order valence-corrected chi connectivity index (χ4v) is 3.93. The van der Waals surface area contributed by atoms with Gasteiger partial charge in [0.2, 0.25) is 10.0 Å². The molecule has 0 saturated heterocycles. The van der Waals surface area contributed by atoms with Gasteiger partial charge in [-0.05, 0) is 25.0 Å². The molecule has 0 bridgehead atoms. The highest BCUT2D eigenvalue weighted by atomic mass is 32.2. The minimum absolute atomic E-state index is 0.304. The van der Waals surface area contributed by atoms with Gasteiger partial charge >= 0.3 is 0 Å². The van der Waals surface area contributed by atoms with Gasteiger partial charge in [-0.2, -0.15) is 0 Å². The van der Waals surface area contributed by atoms with Crippen LogP contribution < -0.4 is 10.0 Å². The highest BCUT2D eigenvalue weighted by Gasteiger charge is 2.16. The van der Waals surface area contributed by atoms with Gasteiger partial charge in [-0.15, -0.1) is 0 Å². The molecule has 1 aromatic heterocycles. The van der Waals surface area contributed by atoms with Crippen LogP contribution >= 0.6 is 0 Å². The zero-order chi connectivity index (χ0) is 16.7. The second-order valence-corrected chi connectivity index (χ2v) is 7.33. The van der Waals surface area contributed by atoms with Gasteiger partial charge in [0, 0.05) is 42.3 Å². The molecule has 0 aliphatic heterocycles. The van der Waals surface area contributed by atoms with Crippen LogP contribution in [0.25, 0.3) is 10.8 Å². The Labute approximate surface area is 138 Å². The van der Waals surface area contributed by atoms with Crippen molar-refractivity contribution in [1.82, 2.24) is 15.0 Å². The molecule has 2 aromatic rings. The Morgan fingerprint density at radius 1 is 1.17 bits per heavy atom. The molecule has 126 valence electrons. The number of rotatable bonds is 9. The Hall–Kier alpha value is -1.50. The molecule has 0 fully saturated rings. The van der Waals surface area contributed by atoms with Crippen molar-refractivity contribution in [3.05, 3.63) is 36.7 Å². The van der Waals surface area contributed by atoms with Gasteiger partial charge < -0.3 is 5.32 Å². The highest BCUT2D eigenvalue weighted by Crippen LogP contribution is 2.21. The fourth-order valence-electron chi connectivity index (χ4n) is 2.67. The lowest BCUT2D eigenvalue weighted by molar-refractivity contribution is 0.464. The van der Waals surface area contributed by atoms with Crippen LogP contribution in [-0.2, 0) is 10.0 Å². The molecule has 1 aromatic carbocycles. The van der Waals surface area contributed by atoms with Crippen LogP contribution in [0.3, 0.4) is 0 Å². The van der Waals surface area contributed by atoms with Crippen molar-refractivity contribution in [1.29, 1.82) is 0 Å². The number of sulfonamides is 1. The van der Waals surface area contributed by atoms with Crippen LogP contribution in [0.2, 0.25) is 0 Å². The van der Waals surface area contributed by atoms with Gasteiger partial charge in [0.25, 0.3) is 0 Å². The zero-order valence-corrected chi connectivity index (χ0v) is 14.6. The summed E-state index contributed by atoms with van der Waals surface area (Å²) in [5, 5.41) is 4.91. The van der Waals surface area contributed by atoms with E-state index in [0.29, 0.717) is 29.4 Å². The molecule has 1 heterocycles. The van der Waals surface area contributed by atoms with Crippen molar-refractivity contribution >= 4 is 20.8 Å². The van der Waals surface area contributed by atoms with E-state index in [2.05, 4.69) is 28.9 Å². The fraction of sp³-hybridized carbons (Fsp3) is 0.471. The first-order chi connectivity index (χ1) is 11.1. The summed E-state index contributed by atoms with van der Waals surface area (Å²) in [6, 6.07) is 7.42. The molecule has 0 aliphatic rings. The summed E-state index contributed by atoms with van der Waals surface area (Å²) in [6.45, 7) is 5.30. The molecule has 6 heteroatoms. The lowest BCUT2D eigenvalue weighted by Crippen LogP contribution is -2.36. The topological polar surface area (TPSA) is 71.1 Å². The Morgan fingerprint density at radius 3 is 2.74 bits per heavy atom. The molecule has 0 aliphatic carbocycles. The Kier molecular flexibility index (Phi) is 6.50. The Bertz CT molecular complexity index is 726. The standard InChI is InChI=1S/C17H25N3O2S/c1-3-6-15(4-2)19-11-12-20-23(21,22)17-8-5-7-14-13-18-10-9-16(14)17/h5,7-10,13,15,19-20H,3-4,6,11-12H2,1-2H3. The number of fused-ring (bicyclic) bond motifs is 1. The molecular formula is C17H25N3O2S. The predicted molar refractivity (Wildman–Crippen MR) is 93.9 cm³/mol. The van der Waals surface area contributed by atoms with Crippen LogP contribution in [-0.4, -0.2) is 32.5 Å². The summed E-state index contributed by atoms with van der Waals surface area (Å²) in [6.07, 6.45) is 6.57. The lowest BCUT2D eigenvalue weighted by atomic mass is 10.1. The summed E-state index contributed by atoms with van der Waals surface area (Å²) in [4.78, 5) is 4.34. The van der Waals surface area contributed by atoms with Crippen molar-refractivity contribution < 1.29 is 8.42 Å². The first-order valence-corrected chi connectivity index (χ1v) is 9.62. The molecule has 1 unspecified atom stereocenters. The molecule has 23 heavy (non-hydrogen) atoms. The van der Waals surface area contributed by atoms with E-state index < -0.39 is 10.0 Å². The molecule has 5 nitrogen and oxygen atoms in total. The van der Waals surface area contributed by atoms with Crippen molar-refractivity contribution in [2.24, 2.45) is 0 Å². The van der Waals surface area contributed by atoms with E-state index in [1.165, 1.54) is 0 Å². The second kappa shape index (κ2) is 8.38. The van der Waals surface area contributed by atoms with Crippen molar-refractivity contribution in [3.63, 3.8) is 0 Å². The van der Waals surface area contributed by atoms with Gasteiger partial charge in [0.1, 0.15) is 0 Å². The SMILES string of the molecule is CCCC(CC)NCCNS(=O)(=O)c1cccc2cnccc12. The van der Waals surface area contributed by atoms with Crippen LogP contribution in [0.1, 0.15) is 33.1 Å². The van der Waals surface area contributed by atoms with E-state index in [9.17, 15) is 8.42 Å². The molecule has 0 amide bonds. The van der Waals surface area contributed by atoms with E-state index in [1.807, 2.05) is 6.07 Å². The molecule has 1 atom stereocenters. The average Bonchev–Trinajstić information content (AvgIpc) is 2.57. The van der Waals surface area contributed by atoms with Crippen LogP contribution in [0.5, 0.6) is 0 Å². The largest absolute Gasteiger partial charge is 0.313 e. The van der Waals surface area contributed by atoms with Gasteiger partial charge in [-0.1, -0.05) is 32.4 Å². The minimum Gasteiger partial charge on any atom is -0.313 e. The average molecular weight is 335 g/mol. The zero-order valence-electron chi connectivity index (χ0n) is 13.7. The maximum Gasteiger partial charge on any atom is 0.241 e. The first kappa shape index (κ1) is 17.8. The third-order valence-corrected chi connectivity index (χ3v) is 5.43. The number of nitrogens with one attached hydrogen (secondary N) is 2. The number of aromatic nitrogens is 1. The van der Waals surface area contributed by atoms with E-state index in [-0.39, 0.29) is 0 Å². The summed E-state index contributed by atoms with van der Waals surface area (Å²) in [5.74, 6) is 0. The van der Waals surface area contributed by atoms with Gasteiger partial charge in [0.05, 0.1) is 4.90 Å². The summed E-state index contributed by atoms with van der Waals surface area (Å²) < 4.78 is 27.7. The molecular weight excluding hydrogens is 310 g/mol. The molecule has 0 spiro atoms. The normalized spacial score (nSPS) is 13.3. The number of pyridine rings is 1. The predicted octanol–water partition coefficient (Wildman–Crippen LogP) is 2.68. The monoisotopic (exact) mass is 335 g/mol. The lowest BCUT2D eigenvalue weighted by Gasteiger charge is -2.16. The summed E-state index contributed by atoms with van der Waals surface area (Å²) in [7, 11) is -3.52. The van der Waals surface area contributed by atoms with E-state index in [0.717, 1.165) is 24.6 Å². The molecule has 2 rings (SSSR count). The maximum atomic E-state index is 12.5. The third kappa shape index (κ3) is 4.73. The van der Waals surface area contributed by atoms with E-state index in [1.54, 1.807) is 30.6 Å². The maximum absolute atomic E-state index is 12.5. The smallest absolute Gasteiger partial charge is 0.241 e. The second-order valence-electron chi connectivity index (χ2n) is 5.60. The van der Waals surface area contributed by atoms with Crippen molar-refractivity contribution in [3.8, 4) is 0 Å². The van der Waals surface area contributed by atoms with Gasteiger partial charge in [-0.25, -0.2) is 13.1 Å². The van der Waals surface area contributed by atoms with E-state index >= 15 is 0 Å². The Morgan fingerprint density at radius 2 is 2.00 bits per heavy atom. The minimum atomic E-state index is -3.52. The number of nitrogens with zero attached hydrogens (tertiary/aromatic N) is 1. The van der Waals surface area contributed by atoms with E-state index in [4.69, 9.17) is 0 Å². The van der Waals surface area contributed by atoms with Crippen LogP contribution in [0.15, 0.2) is 41.6 Å². The molecule has 0 saturated carbocycles. The van der Waals surface area contributed by atoms with Gasteiger partial charge in [-0.3, -0.25) is 4.98 Å². The highest BCUT2D eigenvalue weighted by molar-refractivity contribution is 7.89. The third-order valence-electron chi connectivity index (χ3n) is 3.91. The van der Waals surface area contributed by atoms with Crippen LogP contribution in [0.4, 0.5) is 0 Å². The number of benzene rings is 1. The summed E-state index contributed by atoms with van der Waals surface area (Å²) >= 11 is 0. The first-order valence-electron chi connectivity index (χ1n) is 8.14. The van der Waals surface area contributed by atoms with Crippen molar-refractivity contribution in [2.75, 3.05) is 13.1 Å². The van der Waals surface area contributed by atoms with Crippen LogP contribution in [0, 0.1) is 0 Å². The molecule has 0 radical (unpaired) electrons. The Balaban J connectivity index is 2.01.